The summed E-state index contributed by atoms with van der Waals surface area (Å²) in [4.78, 5) is 0. The number of aliphatic hydroxyl groups excluding tert-OH is 1. The first-order chi connectivity index (χ1) is 6.29. The Morgan fingerprint density at radius 2 is 1.79 bits per heavy atom. The van der Waals surface area contributed by atoms with Gasteiger partial charge in [-0.1, -0.05) is 30.3 Å². The fourth-order valence-electron chi connectivity index (χ4n) is 1.06. The standard InChI is InChI=1S/C10H15NO2.ClH/c12-10(13)6-7-11-8-9-4-2-1-3-5-9;/h1-5,10-13H,6-8H2;1H. The van der Waals surface area contributed by atoms with E-state index < -0.39 is 6.29 Å². The van der Waals surface area contributed by atoms with Crippen molar-refractivity contribution < 1.29 is 10.2 Å². The van der Waals surface area contributed by atoms with Crippen LogP contribution < -0.4 is 5.32 Å². The zero-order valence-electron chi connectivity index (χ0n) is 7.89. The zero-order valence-corrected chi connectivity index (χ0v) is 8.70. The van der Waals surface area contributed by atoms with Gasteiger partial charge in [-0.2, -0.15) is 0 Å². The van der Waals surface area contributed by atoms with Crippen LogP contribution in [-0.2, 0) is 6.54 Å². The van der Waals surface area contributed by atoms with Crippen molar-refractivity contribution in [2.45, 2.75) is 19.3 Å². The Bertz CT molecular complexity index is 229. The lowest BCUT2D eigenvalue weighted by Crippen LogP contribution is -2.19. The molecular formula is C10H16ClNO2. The van der Waals surface area contributed by atoms with E-state index in [-0.39, 0.29) is 12.4 Å². The van der Waals surface area contributed by atoms with Gasteiger partial charge < -0.3 is 15.5 Å². The Balaban J connectivity index is 0.00000169. The van der Waals surface area contributed by atoms with Crippen molar-refractivity contribution in [2.24, 2.45) is 0 Å². The highest BCUT2D eigenvalue weighted by Gasteiger charge is 1.95. The Morgan fingerprint density at radius 3 is 2.36 bits per heavy atom. The molecule has 0 atom stereocenters. The molecule has 0 saturated heterocycles. The second-order valence-corrected chi connectivity index (χ2v) is 2.93. The van der Waals surface area contributed by atoms with Gasteiger partial charge in [0.25, 0.3) is 0 Å². The lowest BCUT2D eigenvalue weighted by Gasteiger charge is -2.05. The predicted molar refractivity (Wildman–Crippen MR) is 58.2 cm³/mol. The first-order valence-corrected chi connectivity index (χ1v) is 4.40. The minimum Gasteiger partial charge on any atom is -0.368 e. The summed E-state index contributed by atoms with van der Waals surface area (Å²) >= 11 is 0. The van der Waals surface area contributed by atoms with E-state index >= 15 is 0 Å². The average molecular weight is 218 g/mol. The maximum absolute atomic E-state index is 8.57. The lowest BCUT2D eigenvalue weighted by atomic mass is 10.2. The van der Waals surface area contributed by atoms with E-state index in [4.69, 9.17) is 10.2 Å². The monoisotopic (exact) mass is 217 g/mol. The fraction of sp³-hybridized carbons (Fsp3) is 0.400. The topological polar surface area (TPSA) is 52.5 Å². The highest BCUT2D eigenvalue weighted by molar-refractivity contribution is 5.85. The lowest BCUT2D eigenvalue weighted by molar-refractivity contribution is -0.0444. The van der Waals surface area contributed by atoms with Crippen molar-refractivity contribution in [1.29, 1.82) is 0 Å². The van der Waals surface area contributed by atoms with Crippen molar-refractivity contribution in [1.82, 2.24) is 5.32 Å². The van der Waals surface area contributed by atoms with E-state index in [1.54, 1.807) is 0 Å². The smallest absolute Gasteiger partial charge is 0.152 e. The van der Waals surface area contributed by atoms with Crippen LogP contribution >= 0.6 is 12.4 Å². The van der Waals surface area contributed by atoms with Gasteiger partial charge in [0.2, 0.25) is 0 Å². The minimum atomic E-state index is -1.21. The first kappa shape index (κ1) is 13.4. The third-order valence-corrected chi connectivity index (χ3v) is 1.75. The molecule has 14 heavy (non-hydrogen) atoms. The first-order valence-electron chi connectivity index (χ1n) is 4.40. The molecule has 0 bridgehead atoms. The molecule has 0 aliphatic heterocycles. The Kier molecular flexibility index (Phi) is 7.42. The van der Waals surface area contributed by atoms with Gasteiger partial charge in [-0.15, -0.1) is 12.4 Å². The minimum absolute atomic E-state index is 0. The SMILES string of the molecule is Cl.OC(O)CCNCc1ccccc1. The van der Waals surface area contributed by atoms with Crippen LogP contribution in [0, 0.1) is 0 Å². The molecule has 0 spiro atoms. The molecule has 0 amide bonds. The molecular weight excluding hydrogens is 202 g/mol. The van der Waals surface area contributed by atoms with Gasteiger partial charge in [0.05, 0.1) is 0 Å². The van der Waals surface area contributed by atoms with Crippen LogP contribution in [0.3, 0.4) is 0 Å². The molecule has 0 aliphatic carbocycles. The molecule has 3 N–H and O–H groups in total. The Morgan fingerprint density at radius 1 is 1.14 bits per heavy atom. The summed E-state index contributed by atoms with van der Waals surface area (Å²) in [5.41, 5.74) is 1.20. The third-order valence-electron chi connectivity index (χ3n) is 1.75. The molecule has 1 aromatic carbocycles. The second kappa shape index (κ2) is 7.76. The average Bonchev–Trinajstić information content (AvgIpc) is 2.14. The molecule has 0 fully saturated rings. The second-order valence-electron chi connectivity index (χ2n) is 2.93. The van der Waals surface area contributed by atoms with Crippen molar-refractivity contribution >= 4 is 12.4 Å². The number of hydrogen-bond acceptors (Lipinski definition) is 3. The molecule has 0 aliphatic rings. The summed E-state index contributed by atoms with van der Waals surface area (Å²) in [7, 11) is 0. The maximum atomic E-state index is 8.57. The maximum Gasteiger partial charge on any atom is 0.152 e. The molecule has 0 aromatic heterocycles. The van der Waals surface area contributed by atoms with Crippen LogP contribution in [0.15, 0.2) is 30.3 Å². The highest BCUT2D eigenvalue weighted by Crippen LogP contribution is 1.97. The van der Waals surface area contributed by atoms with E-state index in [2.05, 4.69) is 5.32 Å². The van der Waals surface area contributed by atoms with E-state index in [1.165, 1.54) is 5.56 Å². The Hall–Kier alpha value is -0.610. The van der Waals surface area contributed by atoms with E-state index in [0.29, 0.717) is 13.0 Å². The number of rotatable bonds is 5. The molecule has 4 heteroatoms. The van der Waals surface area contributed by atoms with Gasteiger partial charge in [0.1, 0.15) is 0 Å². The number of halogens is 1. The molecule has 1 aromatic rings. The number of benzene rings is 1. The van der Waals surface area contributed by atoms with Gasteiger partial charge in [-0.25, -0.2) is 0 Å². The summed E-state index contributed by atoms with van der Waals surface area (Å²) in [5, 5.41) is 20.2. The van der Waals surface area contributed by atoms with Gasteiger partial charge in [0, 0.05) is 19.5 Å². The quantitative estimate of drug-likeness (QED) is 0.508. The van der Waals surface area contributed by atoms with Gasteiger partial charge in [0.15, 0.2) is 6.29 Å². The van der Waals surface area contributed by atoms with E-state index in [1.807, 2.05) is 30.3 Å². The van der Waals surface area contributed by atoms with Crippen molar-refractivity contribution in [3.8, 4) is 0 Å². The summed E-state index contributed by atoms with van der Waals surface area (Å²) in [6.45, 7) is 1.39. The highest BCUT2D eigenvalue weighted by atomic mass is 35.5. The Labute approximate surface area is 90.2 Å². The predicted octanol–water partition coefficient (Wildman–Crippen LogP) is 0.899. The van der Waals surface area contributed by atoms with Crippen LogP contribution in [0.2, 0.25) is 0 Å². The normalized spacial score (nSPS) is 9.93. The van der Waals surface area contributed by atoms with Crippen LogP contribution in [-0.4, -0.2) is 23.0 Å². The summed E-state index contributed by atoms with van der Waals surface area (Å²) in [6.07, 6.45) is -0.837. The third kappa shape index (κ3) is 5.94. The fourth-order valence-corrected chi connectivity index (χ4v) is 1.06. The van der Waals surface area contributed by atoms with Gasteiger partial charge >= 0.3 is 0 Å². The molecule has 1 rings (SSSR count). The van der Waals surface area contributed by atoms with Crippen LogP contribution in [0.4, 0.5) is 0 Å². The van der Waals surface area contributed by atoms with Crippen molar-refractivity contribution in [2.75, 3.05) is 6.54 Å². The molecule has 3 nitrogen and oxygen atoms in total. The van der Waals surface area contributed by atoms with Gasteiger partial charge in [-0.05, 0) is 5.56 Å². The number of aliphatic hydroxyl groups is 2. The van der Waals surface area contributed by atoms with Crippen LogP contribution in [0.25, 0.3) is 0 Å². The summed E-state index contributed by atoms with van der Waals surface area (Å²) < 4.78 is 0. The van der Waals surface area contributed by atoms with E-state index in [9.17, 15) is 0 Å². The summed E-state index contributed by atoms with van der Waals surface area (Å²) in [6, 6.07) is 10.0. The van der Waals surface area contributed by atoms with Gasteiger partial charge in [-0.3, -0.25) is 0 Å². The molecule has 0 heterocycles. The molecule has 0 saturated carbocycles. The van der Waals surface area contributed by atoms with Crippen molar-refractivity contribution in [3.05, 3.63) is 35.9 Å². The van der Waals surface area contributed by atoms with Crippen LogP contribution in [0.1, 0.15) is 12.0 Å². The zero-order chi connectivity index (χ0) is 9.52. The molecule has 80 valence electrons. The largest absolute Gasteiger partial charge is 0.368 e. The molecule has 0 radical (unpaired) electrons. The number of nitrogens with one attached hydrogen (secondary N) is 1. The van der Waals surface area contributed by atoms with Crippen LogP contribution in [0.5, 0.6) is 0 Å². The molecule has 0 unspecified atom stereocenters. The van der Waals surface area contributed by atoms with E-state index in [0.717, 1.165) is 6.54 Å². The summed E-state index contributed by atoms with van der Waals surface area (Å²) in [5.74, 6) is 0. The number of hydrogen-bond donors (Lipinski definition) is 3. The van der Waals surface area contributed by atoms with Crippen molar-refractivity contribution in [3.63, 3.8) is 0 Å².